The number of hydrogen-bond donors (Lipinski definition) is 0. The summed E-state index contributed by atoms with van der Waals surface area (Å²) in [6, 6.07) is -0.0344. The number of carbonyl (C=O) groups excluding carboxylic acids is 1. The largest absolute Gasteiger partial charge is 0.465 e. The zero-order chi connectivity index (χ0) is 12.1. The molecule has 98 valence electrons. The molecular formula is C13H23NO3. The Balaban J connectivity index is 1.89. The van der Waals surface area contributed by atoms with E-state index in [1.165, 1.54) is 6.42 Å². The molecule has 2 rings (SSSR count). The summed E-state index contributed by atoms with van der Waals surface area (Å²) >= 11 is 0. The second-order valence-electron chi connectivity index (χ2n) is 4.89. The van der Waals surface area contributed by atoms with Gasteiger partial charge in [-0.3, -0.25) is 9.69 Å². The highest BCUT2D eigenvalue weighted by atomic mass is 16.5. The molecule has 0 bridgehead atoms. The van der Waals surface area contributed by atoms with E-state index in [9.17, 15) is 4.79 Å². The summed E-state index contributed by atoms with van der Waals surface area (Å²) in [5, 5.41) is 0. The van der Waals surface area contributed by atoms with E-state index in [0.717, 1.165) is 45.4 Å². The van der Waals surface area contributed by atoms with Gasteiger partial charge in [-0.25, -0.2) is 0 Å². The number of ether oxygens (including phenoxy) is 2. The van der Waals surface area contributed by atoms with Crippen LogP contribution in [0.1, 0.15) is 39.0 Å². The number of nitrogens with zero attached hydrogens (tertiary/aromatic N) is 1. The van der Waals surface area contributed by atoms with E-state index in [1.807, 2.05) is 6.92 Å². The number of piperidine rings is 1. The molecule has 0 aromatic heterocycles. The molecular weight excluding hydrogens is 218 g/mol. The summed E-state index contributed by atoms with van der Waals surface area (Å²) in [6.07, 6.45) is 5.86. The maximum absolute atomic E-state index is 11.9. The minimum atomic E-state index is -0.0507. The van der Waals surface area contributed by atoms with Gasteiger partial charge >= 0.3 is 5.97 Å². The lowest BCUT2D eigenvalue weighted by atomic mass is 10.0. The standard InChI is InChI=1S/C13H23NO3/c1-2-16-13(15)12-7-3-4-8-14(12)10-11-6-5-9-17-11/h11-12H,2-10H2,1H3. The second kappa shape index (κ2) is 6.36. The second-order valence-corrected chi connectivity index (χ2v) is 4.89. The van der Waals surface area contributed by atoms with Crippen molar-refractivity contribution >= 4 is 5.97 Å². The highest BCUT2D eigenvalue weighted by Gasteiger charge is 2.32. The van der Waals surface area contributed by atoms with Crippen LogP contribution in [0.4, 0.5) is 0 Å². The smallest absolute Gasteiger partial charge is 0.323 e. The first-order valence-electron chi connectivity index (χ1n) is 6.83. The van der Waals surface area contributed by atoms with Crippen molar-refractivity contribution in [3.8, 4) is 0 Å². The van der Waals surface area contributed by atoms with Crippen molar-refractivity contribution in [2.24, 2.45) is 0 Å². The first-order chi connectivity index (χ1) is 8.31. The number of carbonyl (C=O) groups is 1. The summed E-state index contributed by atoms with van der Waals surface area (Å²) in [5.74, 6) is -0.0507. The molecule has 2 fully saturated rings. The molecule has 0 N–H and O–H groups in total. The highest BCUT2D eigenvalue weighted by molar-refractivity contribution is 5.75. The molecule has 2 atom stereocenters. The van der Waals surface area contributed by atoms with Crippen molar-refractivity contribution in [1.82, 2.24) is 4.90 Å². The van der Waals surface area contributed by atoms with Gasteiger partial charge in [0.15, 0.2) is 0 Å². The molecule has 0 saturated carbocycles. The van der Waals surface area contributed by atoms with E-state index >= 15 is 0 Å². The summed E-state index contributed by atoms with van der Waals surface area (Å²) < 4.78 is 10.8. The van der Waals surface area contributed by atoms with Gasteiger partial charge in [-0.1, -0.05) is 6.42 Å². The summed E-state index contributed by atoms with van der Waals surface area (Å²) in [4.78, 5) is 14.1. The molecule has 4 nitrogen and oxygen atoms in total. The normalized spacial score (nSPS) is 30.4. The van der Waals surface area contributed by atoms with Crippen LogP contribution in [-0.4, -0.2) is 49.3 Å². The van der Waals surface area contributed by atoms with Gasteiger partial charge in [0.1, 0.15) is 6.04 Å². The quantitative estimate of drug-likeness (QED) is 0.701. The Labute approximate surface area is 103 Å². The molecule has 0 amide bonds. The van der Waals surface area contributed by atoms with Crippen molar-refractivity contribution < 1.29 is 14.3 Å². The molecule has 4 heteroatoms. The SMILES string of the molecule is CCOC(=O)C1CCCCN1CC1CCCO1. The molecule has 0 aromatic rings. The van der Waals surface area contributed by atoms with Crippen LogP contribution in [0.5, 0.6) is 0 Å². The summed E-state index contributed by atoms with van der Waals surface area (Å²) in [7, 11) is 0. The van der Waals surface area contributed by atoms with Crippen LogP contribution in [0.15, 0.2) is 0 Å². The van der Waals surface area contributed by atoms with E-state index in [0.29, 0.717) is 12.7 Å². The van der Waals surface area contributed by atoms with Gasteiger partial charge in [0.05, 0.1) is 12.7 Å². The minimum absolute atomic E-state index is 0.0344. The average Bonchev–Trinajstić information content (AvgIpc) is 2.83. The van der Waals surface area contributed by atoms with Gasteiger partial charge in [0.25, 0.3) is 0 Å². The van der Waals surface area contributed by atoms with Crippen LogP contribution in [-0.2, 0) is 14.3 Å². The molecule has 2 saturated heterocycles. The third kappa shape index (κ3) is 3.42. The van der Waals surface area contributed by atoms with Crippen LogP contribution in [0.2, 0.25) is 0 Å². The van der Waals surface area contributed by atoms with E-state index < -0.39 is 0 Å². The maximum atomic E-state index is 11.9. The topological polar surface area (TPSA) is 38.8 Å². The number of esters is 1. The van der Waals surface area contributed by atoms with Crippen LogP contribution >= 0.6 is 0 Å². The molecule has 0 aromatic carbocycles. The minimum Gasteiger partial charge on any atom is -0.465 e. The molecule has 0 aliphatic carbocycles. The Morgan fingerprint density at radius 1 is 1.35 bits per heavy atom. The maximum Gasteiger partial charge on any atom is 0.323 e. The summed E-state index contributed by atoms with van der Waals surface area (Å²) in [5.41, 5.74) is 0. The van der Waals surface area contributed by atoms with Crippen molar-refractivity contribution in [3.05, 3.63) is 0 Å². The lowest BCUT2D eigenvalue weighted by Gasteiger charge is -2.35. The molecule has 17 heavy (non-hydrogen) atoms. The van der Waals surface area contributed by atoms with Crippen molar-refractivity contribution in [2.45, 2.75) is 51.2 Å². The van der Waals surface area contributed by atoms with Gasteiger partial charge in [0.2, 0.25) is 0 Å². The fraction of sp³-hybridized carbons (Fsp3) is 0.923. The van der Waals surface area contributed by atoms with Crippen LogP contribution in [0, 0.1) is 0 Å². The predicted octanol–water partition coefficient (Wildman–Crippen LogP) is 1.58. The zero-order valence-electron chi connectivity index (χ0n) is 10.7. The van der Waals surface area contributed by atoms with E-state index in [4.69, 9.17) is 9.47 Å². The average molecular weight is 241 g/mol. The fourth-order valence-electron chi connectivity index (χ4n) is 2.76. The third-order valence-electron chi connectivity index (χ3n) is 3.63. The first kappa shape index (κ1) is 12.8. The zero-order valence-corrected chi connectivity index (χ0v) is 10.7. The molecule has 2 unspecified atom stereocenters. The van der Waals surface area contributed by atoms with Gasteiger partial charge in [-0.2, -0.15) is 0 Å². The van der Waals surface area contributed by atoms with E-state index in [1.54, 1.807) is 0 Å². The van der Waals surface area contributed by atoms with Gasteiger partial charge in [-0.15, -0.1) is 0 Å². The number of rotatable bonds is 4. The van der Waals surface area contributed by atoms with Crippen molar-refractivity contribution in [1.29, 1.82) is 0 Å². The van der Waals surface area contributed by atoms with E-state index in [2.05, 4.69) is 4.90 Å². The Morgan fingerprint density at radius 2 is 2.24 bits per heavy atom. The Morgan fingerprint density at radius 3 is 2.94 bits per heavy atom. The molecule has 0 spiro atoms. The Bertz CT molecular complexity index is 251. The Kier molecular flexibility index (Phi) is 4.80. The predicted molar refractivity (Wildman–Crippen MR) is 64.8 cm³/mol. The monoisotopic (exact) mass is 241 g/mol. The third-order valence-corrected chi connectivity index (χ3v) is 3.63. The van der Waals surface area contributed by atoms with E-state index in [-0.39, 0.29) is 12.0 Å². The molecule has 2 aliphatic heterocycles. The fourth-order valence-corrected chi connectivity index (χ4v) is 2.76. The number of likely N-dealkylation sites (tertiary alicyclic amines) is 1. The van der Waals surface area contributed by atoms with Crippen LogP contribution < -0.4 is 0 Å². The Hall–Kier alpha value is -0.610. The van der Waals surface area contributed by atoms with Crippen LogP contribution in [0.3, 0.4) is 0 Å². The highest BCUT2D eigenvalue weighted by Crippen LogP contribution is 2.21. The summed E-state index contributed by atoms with van der Waals surface area (Å²) in [6.45, 7) is 5.11. The van der Waals surface area contributed by atoms with Gasteiger partial charge in [0, 0.05) is 13.2 Å². The molecule has 2 heterocycles. The van der Waals surface area contributed by atoms with Crippen molar-refractivity contribution in [3.63, 3.8) is 0 Å². The number of hydrogen-bond acceptors (Lipinski definition) is 4. The lowest BCUT2D eigenvalue weighted by molar-refractivity contribution is -0.151. The molecule has 0 radical (unpaired) electrons. The van der Waals surface area contributed by atoms with Crippen molar-refractivity contribution in [2.75, 3.05) is 26.3 Å². The van der Waals surface area contributed by atoms with Gasteiger partial charge < -0.3 is 9.47 Å². The first-order valence-corrected chi connectivity index (χ1v) is 6.83. The van der Waals surface area contributed by atoms with Gasteiger partial charge in [-0.05, 0) is 39.2 Å². The lowest BCUT2D eigenvalue weighted by Crippen LogP contribution is -2.48. The van der Waals surface area contributed by atoms with Crippen LogP contribution in [0.25, 0.3) is 0 Å². The molecule has 2 aliphatic rings.